The van der Waals surface area contributed by atoms with Gasteiger partial charge in [-0.2, -0.15) is 16.9 Å². The summed E-state index contributed by atoms with van der Waals surface area (Å²) in [6.07, 6.45) is 3.00. The second-order valence-electron chi connectivity index (χ2n) is 4.58. The largest absolute Gasteiger partial charge is 0.310 e. The van der Waals surface area contributed by atoms with Crippen LogP contribution in [0.2, 0.25) is 0 Å². The van der Waals surface area contributed by atoms with Crippen molar-refractivity contribution in [3.63, 3.8) is 0 Å². The average Bonchev–Trinajstić information content (AvgIpc) is 2.87. The van der Waals surface area contributed by atoms with Gasteiger partial charge in [-0.05, 0) is 44.2 Å². The SMILES string of the molecule is CC(C)n1ncnc1CNCC1CCSC1. The molecule has 2 rings (SSSR count). The zero-order valence-electron chi connectivity index (χ0n) is 10.0. The topological polar surface area (TPSA) is 42.7 Å². The lowest BCUT2D eigenvalue weighted by atomic mass is 10.1. The van der Waals surface area contributed by atoms with E-state index in [1.54, 1.807) is 6.33 Å². The van der Waals surface area contributed by atoms with Gasteiger partial charge in [0.2, 0.25) is 0 Å². The fourth-order valence-electron chi connectivity index (χ4n) is 1.96. The van der Waals surface area contributed by atoms with E-state index in [4.69, 9.17) is 0 Å². The molecule has 1 saturated heterocycles. The van der Waals surface area contributed by atoms with Crippen LogP contribution in [-0.4, -0.2) is 32.8 Å². The Morgan fingerprint density at radius 3 is 3.19 bits per heavy atom. The minimum absolute atomic E-state index is 0.390. The second kappa shape index (κ2) is 5.68. The van der Waals surface area contributed by atoms with Gasteiger partial charge in [0.15, 0.2) is 0 Å². The summed E-state index contributed by atoms with van der Waals surface area (Å²) < 4.78 is 1.98. The third kappa shape index (κ3) is 2.98. The van der Waals surface area contributed by atoms with Gasteiger partial charge in [-0.3, -0.25) is 0 Å². The normalized spacial score (nSPS) is 20.8. The van der Waals surface area contributed by atoms with Crippen molar-refractivity contribution in [1.29, 1.82) is 0 Å². The molecule has 1 fully saturated rings. The van der Waals surface area contributed by atoms with Crippen LogP contribution in [0.3, 0.4) is 0 Å². The molecule has 0 aliphatic carbocycles. The lowest BCUT2D eigenvalue weighted by molar-refractivity contribution is 0.469. The molecule has 1 aromatic rings. The molecule has 90 valence electrons. The van der Waals surface area contributed by atoms with Gasteiger partial charge in [0.1, 0.15) is 12.2 Å². The van der Waals surface area contributed by atoms with Crippen molar-refractivity contribution in [1.82, 2.24) is 20.1 Å². The average molecular weight is 240 g/mol. The van der Waals surface area contributed by atoms with Crippen LogP contribution in [0.15, 0.2) is 6.33 Å². The standard InChI is InChI=1S/C11H20N4S/c1-9(2)15-11(13-8-14-15)6-12-5-10-3-4-16-7-10/h8-10,12H,3-7H2,1-2H3. The summed E-state index contributed by atoms with van der Waals surface area (Å²) in [5, 5.41) is 7.72. The van der Waals surface area contributed by atoms with Crippen LogP contribution in [-0.2, 0) is 6.54 Å². The predicted molar refractivity (Wildman–Crippen MR) is 67.5 cm³/mol. The van der Waals surface area contributed by atoms with Crippen LogP contribution in [0.4, 0.5) is 0 Å². The Hall–Kier alpha value is -0.550. The maximum absolute atomic E-state index is 4.29. The predicted octanol–water partition coefficient (Wildman–Crippen LogP) is 1.70. The summed E-state index contributed by atoms with van der Waals surface area (Å²) in [4.78, 5) is 4.29. The number of rotatable bonds is 5. The monoisotopic (exact) mass is 240 g/mol. The molecule has 1 atom stereocenters. The van der Waals surface area contributed by atoms with Gasteiger partial charge < -0.3 is 5.32 Å². The van der Waals surface area contributed by atoms with E-state index in [9.17, 15) is 0 Å². The molecule has 2 heterocycles. The fourth-order valence-corrected chi connectivity index (χ4v) is 3.25. The molecule has 0 saturated carbocycles. The molecule has 16 heavy (non-hydrogen) atoms. The number of aromatic nitrogens is 3. The van der Waals surface area contributed by atoms with Crippen LogP contribution in [0.1, 0.15) is 32.1 Å². The molecule has 5 heteroatoms. The first-order valence-electron chi connectivity index (χ1n) is 5.94. The summed E-state index contributed by atoms with van der Waals surface area (Å²) in [7, 11) is 0. The first kappa shape index (κ1) is 11.9. The Morgan fingerprint density at radius 1 is 1.62 bits per heavy atom. The smallest absolute Gasteiger partial charge is 0.141 e. The molecule has 4 nitrogen and oxygen atoms in total. The van der Waals surface area contributed by atoms with Crippen molar-refractivity contribution in [2.24, 2.45) is 5.92 Å². The summed E-state index contributed by atoms with van der Waals surface area (Å²) in [6, 6.07) is 0.390. The number of nitrogens with one attached hydrogen (secondary N) is 1. The number of hydrogen-bond acceptors (Lipinski definition) is 4. The van der Waals surface area contributed by atoms with E-state index in [2.05, 4.69) is 41.0 Å². The minimum atomic E-state index is 0.390. The van der Waals surface area contributed by atoms with Gasteiger partial charge in [-0.15, -0.1) is 0 Å². The van der Waals surface area contributed by atoms with E-state index >= 15 is 0 Å². The lowest BCUT2D eigenvalue weighted by Gasteiger charge is -2.12. The highest BCUT2D eigenvalue weighted by atomic mass is 32.2. The number of nitrogens with zero attached hydrogens (tertiary/aromatic N) is 3. The number of thioether (sulfide) groups is 1. The van der Waals surface area contributed by atoms with E-state index < -0.39 is 0 Å². The van der Waals surface area contributed by atoms with Crippen LogP contribution in [0.25, 0.3) is 0 Å². The van der Waals surface area contributed by atoms with Crippen LogP contribution in [0, 0.1) is 5.92 Å². The molecule has 0 aromatic carbocycles. The number of hydrogen-bond donors (Lipinski definition) is 1. The summed E-state index contributed by atoms with van der Waals surface area (Å²) >= 11 is 2.06. The van der Waals surface area contributed by atoms with Gasteiger partial charge >= 0.3 is 0 Å². The van der Waals surface area contributed by atoms with Gasteiger partial charge in [-0.1, -0.05) is 0 Å². The van der Waals surface area contributed by atoms with Crippen molar-refractivity contribution in [3.05, 3.63) is 12.2 Å². The van der Waals surface area contributed by atoms with Crippen molar-refractivity contribution in [2.45, 2.75) is 32.9 Å². The summed E-state index contributed by atoms with van der Waals surface area (Å²) in [6.45, 7) is 6.20. The summed E-state index contributed by atoms with van der Waals surface area (Å²) in [5.74, 6) is 4.53. The quantitative estimate of drug-likeness (QED) is 0.850. The van der Waals surface area contributed by atoms with Gasteiger partial charge in [0, 0.05) is 6.04 Å². The van der Waals surface area contributed by atoms with Crippen LogP contribution in [0.5, 0.6) is 0 Å². The molecule has 1 aliphatic heterocycles. The minimum Gasteiger partial charge on any atom is -0.310 e. The van der Waals surface area contributed by atoms with Crippen molar-refractivity contribution < 1.29 is 0 Å². The van der Waals surface area contributed by atoms with Gasteiger partial charge in [0.25, 0.3) is 0 Å². The van der Waals surface area contributed by atoms with E-state index in [0.717, 1.165) is 24.8 Å². The first-order chi connectivity index (χ1) is 7.77. The van der Waals surface area contributed by atoms with E-state index in [1.165, 1.54) is 17.9 Å². The Bertz CT molecular complexity index is 318. The highest BCUT2D eigenvalue weighted by Gasteiger charge is 2.15. The fraction of sp³-hybridized carbons (Fsp3) is 0.818. The molecule has 0 radical (unpaired) electrons. The van der Waals surface area contributed by atoms with E-state index in [0.29, 0.717) is 6.04 Å². The maximum Gasteiger partial charge on any atom is 0.141 e. The van der Waals surface area contributed by atoms with Crippen LogP contribution < -0.4 is 5.32 Å². The molecular formula is C11H20N4S. The molecule has 1 aromatic heterocycles. The summed E-state index contributed by atoms with van der Waals surface area (Å²) in [5.41, 5.74) is 0. The Labute approximate surface area is 101 Å². The molecule has 0 amide bonds. The molecule has 1 N–H and O–H groups in total. The van der Waals surface area contributed by atoms with Crippen LogP contribution >= 0.6 is 11.8 Å². The van der Waals surface area contributed by atoms with Crippen molar-refractivity contribution >= 4 is 11.8 Å². The third-order valence-electron chi connectivity index (χ3n) is 2.88. The van der Waals surface area contributed by atoms with Crippen molar-refractivity contribution in [2.75, 3.05) is 18.1 Å². The van der Waals surface area contributed by atoms with Gasteiger partial charge in [0.05, 0.1) is 6.54 Å². The Balaban J connectivity index is 1.78. The van der Waals surface area contributed by atoms with Crippen molar-refractivity contribution in [3.8, 4) is 0 Å². The third-order valence-corrected chi connectivity index (χ3v) is 4.11. The molecule has 0 bridgehead atoms. The molecule has 0 spiro atoms. The Morgan fingerprint density at radius 2 is 2.50 bits per heavy atom. The highest BCUT2D eigenvalue weighted by molar-refractivity contribution is 7.99. The lowest BCUT2D eigenvalue weighted by Crippen LogP contribution is -2.24. The van der Waals surface area contributed by atoms with E-state index in [-0.39, 0.29) is 0 Å². The maximum atomic E-state index is 4.29. The molecule has 1 aliphatic rings. The highest BCUT2D eigenvalue weighted by Crippen LogP contribution is 2.22. The van der Waals surface area contributed by atoms with E-state index in [1.807, 2.05) is 4.68 Å². The molecular weight excluding hydrogens is 220 g/mol. The molecule has 1 unspecified atom stereocenters. The first-order valence-corrected chi connectivity index (χ1v) is 7.09. The van der Waals surface area contributed by atoms with Gasteiger partial charge in [-0.25, -0.2) is 9.67 Å². The zero-order chi connectivity index (χ0) is 11.4. The second-order valence-corrected chi connectivity index (χ2v) is 5.72. The zero-order valence-corrected chi connectivity index (χ0v) is 10.8. The Kier molecular flexibility index (Phi) is 4.23.